The second kappa shape index (κ2) is 14.6. The van der Waals surface area contributed by atoms with E-state index in [1.165, 1.54) is 55.7 Å². The van der Waals surface area contributed by atoms with Gasteiger partial charge in [0.1, 0.15) is 0 Å². The Bertz CT molecular complexity index is 2570. The van der Waals surface area contributed by atoms with Crippen molar-refractivity contribution >= 4 is 58.3 Å². The predicted molar refractivity (Wildman–Crippen MR) is 200 cm³/mol. The van der Waals surface area contributed by atoms with Crippen LogP contribution in [0.15, 0.2) is 84.6 Å². The lowest BCUT2D eigenvalue weighted by atomic mass is 9.49. The highest BCUT2D eigenvalue weighted by Gasteiger charge is 2.70. The van der Waals surface area contributed by atoms with Crippen LogP contribution in [0.25, 0.3) is 0 Å². The number of phenols is 1. The van der Waals surface area contributed by atoms with E-state index < -0.39 is 117 Å². The number of methoxy groups -OCH3 is 1. The zero-order chi connectivity index (χ0) is 45.0. The number of ether oxygens (including phenoxy) is 1. The average molecular weight is 914 g/mol. The van der Waals surface area contributed by atoms with Crippen molar-refractivity contribution in [2.75, 3.05) is 17.4 Å². The van der Waals surface area contributed by atoms with Crippen LogP contribution in [0.1, 0.15) is 46.6 Å². The summed E-state index contributed by atoms with van der Waals surface area (Å²) in [5, 5.41) is 10.7. The summed E-state index contributed by atoms with van der Waals surface area (Å²) in [6.07, 6.45) is -14.2. The number of alkyl halides is 9. The average Bonchev–Trinajstić information content (AvgIpc) is 3.58. The third-order valence-corrected chi connectivity index (χ3v) is 12.5. The number of nitrogens with zero attached hydrogens (tertiary/aromatic N) is 3. The number of hydrazine groups is 1. The van der Waals surface area contributed by atoms with E-state index in [0.717, 1.165) is 0 Å². The smallest absolute Gasteiger partial charge is 0.417 e. The van der Waals surface area contributed by atoms with Crippen molar-refractivity contribution in [1.29, 1.82) is 0 Å². The highest BCUT2D eigenvalue weighted by Crippen LogP contribution is 2.64. The number of fused-ring (bicyclic) bond motifs is 4. The largest absolute Gasteiger partial charge is 0.504 e. The van der Waals surface area contributed by atoms with Gasteiger partial charge < -0.3 is 9.84 Å². The van der Waals surface area contributed by atoms with Gasteiger partial charge in [-0.25, -0.2) is 9.88 Å². The number of aromatic hydroxyl groups is 1. The molecule has 4 aliphatic rings. The molecule has 3 aromatic carbocycles. The molecule has 1 aromatic heterocycles. The predicted octanol–water partition coefficient (Wildman–Crippen LogP) is 9.35. The summed E-state index contributed by atoms with van der Waals surface area (Å²) in [5.74, 6) is -12.0. The number of phenolic OH excluding ortho intramolecular Hbond substituents is 1. The van der Waals surface area contributed by atoms with E-state index in [-0.39, 0.29) is 62.7 Å². The third kappa shape index (κ3) is 6.70. The SMILES string of the molecule is COc1cc(C2C3=CCC4C(=O)N(c5cc(C(F)(F)F)cc(C(F)(F)F)c5)C(=O)C4C3CC3C(=O)N(Nc4ncc(C(F)(F)F)cc4Cl)C(=O)C32c2ccc(Cl)cc2)ccc1O. The number of amides is 4. The van der Waals surface area contributed by atoms with Gasteiger partial charge in [0.2, 0.25) is 11.8 Å². The first-order valence-corrected chi connectivity index (χ1v) is 19.1. The van der Waals surface area contributed by atoms with E-state index in [0.29, 0.717) is 17.3 Å². The molecule has 4 aromatic rings. The van der Waals surface area contributed by atoms with Gasteiger partial charge in [-0.1, -0.05) is 53.1 Å². The first kappa shape index (κ1) is 42.9. The second-order valence-electron chi connectivity index (χ2n) is 15.1. The fraction of sp³-hybridized carbons (Fsp3) is 0.293. The van der Waals surface area contributed by atoms with Gasteiger partial charge in [-0.3, -0.25) is 24.6 Å². The quantitative estimate of drug-likeness (QED) is 0.111. The van der Waals surface area contributed by atoms with Crippen molar-refractivity contribution in [3.63, 3.8) is 0 Å². The molecule has 6 unspecified atom stereocenters. The molecule has 0 spiro atoms. The van der Waals surface area contributed by atoms with Gasteiger partial charge in [-0.15, -0.1) is 0 Å². The maximum atomic E-state index is 15.3. The summed E-state index contributed by atoms with van der Waals surface area (Å²) in [5.41, 5.74) is -4.64. The molecule has 2 saturated heterocycles. The van der Waals surface area contributed by atoms with Crippen molar-refractivity contribution in [2.24, 2.45) is 23.7 Å². The fourth-order valence-electron chi connectivity index (χ4n) is 9.35. The Balaban J connectivity index is 1.31. The van der Waals surface area contributed by atoms with Gasteiger partial charge in [0.05, 0.1) is 57.7 Å². The highest BCUT2D eigenvalue weighted by atomic mass is 35.5. The molecule has 10 nitrogen and oxygen atoms in total. The van der Waals surface area contributed by atoms with E-state index in [9.17, 15) is 59.0 Å². The van der Waals surface area contributed by atoms with Crippen LogP contribution in [0, 0.1) is 23.7 Å². The molecule has 3 fully saturated rings. The zero-order valence-corrected chi connectivity index (χ0v) is 32.8. The monoisotopic (exact) mass is 912 g/mol. The van der Waals surface area contributed by atoms with Crippen LogP contribution in [0.3, 0.4) is 0 Å². The molecule has 2 aliphatic carbocycles. The maximum Gasteiger partial charge on any atom is 0.417 e. The molecular formula is C41H27Cl2F9N4O6. The van der Waals surface area contributed by atoms with Crippen LogP contribution in [-0.4, -0.2) is 45.8 Å². The fourth-order valence-corrected chi connectivity index (χ4v) is 9.69. The van der Waals surface area contributed by atoms with E-state index >= 15 is 4.79 Å². The highest BCUT2D eigenvalue weighted by molar-refractivity contribution is 6.33. The minimum absolute atomic E-state index is 0.0995. The van der Waals surface area contributed by atoms with Gasteiger partial charge in [-0.2, -0.15) is 44.5 Å². The van der Waals surface area contributed by atoms with Gasteiger partial charge in [-0.05, 0) is 78.4 Å². The van der Waals surface area contributed by atoms with Crippen LogP contribution >= 0.6 is 23.2 Å². The lowest BCUT2D eigenvalue weighted by Crippen LogP contribution is -2.53. The number of halogens is 11. The maximum absolute atomic E-state index is 15.3. The number of allylic oxidation sites excluding steroid dienone is 2. The Labute approximate surface area is 353 Å². The molecule has 6 atom stereocenters. The molecule has 324 valence electrons. The normalized spacial score (nSPS) is 25.1. The summed E-state index contributed by atoms with van der Waals surface area (Å²) >= 11 is 12.5. The summed E-state index contributed by atoms with van der Waals surface area (Å²) in [6, 6.07) is 10.7. The lowest BCUT2D eigenvalue weighted by Gasteiger charge is -2.50. The zero-order valence-electron chi connectivity index (χ0n) is 31.3. The number of hydrogen-bond donors (Lipinski definition) is 2. The summed E-state index contributed by atoms with van der Waals surface area (Å²) < 4.78 is 130. The first-order valence-electron chi connectivity index (χ1n) is 18.4. The summed E-state index contributed by atoms with van der Waals surface area (Å²) in [6.45, 7) is 0. The van der Waals surface area contributed by atoms with Gasteiger partial charge in [0.25, 0.3) is 11.8 Å². The van der Waals surface area contributed by atoms with Crippen molar-refractivity contribution in [3.05, 3.63) is 122 Å². The minimum atomic E-state index is -5.31. The van der Waals surface area contributed by atoms with Gasteiger partial charge in [0.15, 0.2) is 17.3 Å². The van der Waals surface area contributed by atoms with Crippen LogP contribution in [0.4, 0.5) is 51.0 Å². The van der Waals surface area contributed by atoms with Crippen molar-refractivity contribution < 1.29 is 68.5 Å². The minimum Gasteiger partial charge on any atom is -0.504 e. The molecule has 8 rings (SSSR count). The van der Waals surface area contributed by atoms with Crippen LogP contribution in [0.2, 0.25) is 10.0 Å². The molecule has 0 bridgehead atoms. The number of carbonyl (C=O) groups excluding carboxylic acids is 4. The molecule has 3 heterocycles. The molecular weight excluding hydrogens is 886 g/mol. The van der Waals surface area contributed by atoms with Crippen molar-refractivity contribution in [1.82, 2.24) is 9.99 Å². The first-order chi connectivity index (χ1) is 29.0. The standard InChI is InChI=1S/C41H27Cl2F9N4O6/c1-62-30-10-17(2-9-29(30)57)32-24-7-8-25-31(36(60)55(34(25)58)23-12-19(39(44,45)46)11-20(13-23)40(47,48)49)26(24)15-27-35(59)56(37(61)38(27,32)18-3-5-22(42)6-4-18)54-33-28(43)14-21(16-53-33)41(50,51)52/h2-7,9-14,16,25-27,31-32,57H,8,15H2,1H3,(H,53,54). The molecule has 2 N–H and O–H groups in total. The Hall–Kier alpha value is -5.82. The van der Waals surface area contributed by atoms with Crippen LogP contribution < -0.4 is 15.1 Å². The third-order valence-electron chi connectivity index (χ3n) is 11.9. The number of nitrogens with one attached hydrogen (secondary N) is 1. The van der Waals surface area contributed by atoms with Crippen molar-refractivity contribution in [2.45, 2.75) is 42.7 Å². The number of aromatic nitrogens is 1. The van der Waals surface area contributed by atoms with Crippen molar-refractivity contribution in [3.8, 4) is 11.5 Å². The Morgan fingerprint density at radius 2 is 1.42 bits per heavy atom. The topological polar surface area (TPSA) is 129 Å². The summed E-state index contributed by atoms with van der Waals surface area (Å²) in [4.78, 5) is 62.8. The number of imide groups is 2. The van der Waals surface area contributed by atoms with Gasteiger partial charge >= 0.3 is 18.5 Å². The number of anilines is 2. The molecule has 21 heteroatoms. The van der Waals surface area contributed by atoms with Crippen LogP contribution in [0.5, 0.6) is 11.5 Å². The van der Waals surface area contributed by atoms with E-state index in [1.807, 2.05) is 0 Å². The number of rotatable bonds is 6. The van der Waals surface area contributed by atoms with E-state index in [2.05, 4.69) is 10.4 Å². The second-order valence-corrected chi connectivity index (χ2v) is 16.0. The Morgan fingerprint density at radius 1 is 0.790 bits per heavy atom. The molecule has 2 aliphatic heterocycles. The van der Waals surface area contributed by atoms with E-state index in [4.69, 9.17) is 27.9 Å². The number of pyridine rings is 1. The van der Waals surface area contributed by atoms with E-state index in [1.54, 1.807) is 0 Å². The molecule has 4 amide bonds. The summed E-state index contributed by atoms with van der Waals surface area (Å²) in [7, 11) is 1.23. The Morgan fingerprint density at radius 3 is 2.00 bits per heavy atom. The number of hydrogen-bond acceptors (Lipinski definition) is 8. The molecule has 0 radical (unpaired) electrons. The molecule has 62 heavy (non-hydrogen) atoms. The Kier molecular flexibility index (Phi) is 10.1. The number of benzene rings is 3. The van der Waals surface area contributed by atoms with Crippen LogP contribution in [-0.2, 0) is 43.1 Å². The number of carbonyl (C=O) groups is 4. The molecule has 1 saturated carbocycles. The van der Waals surface area contributed by atoms with Gasteiger partial charge in [0, 0.05) is 17.1 Å². The lowest BCUT2D eigenvalue weighted by molar-refractivity contribution is -0.143.